The minimum Gasteiger partial charge on any atom is -0.397 e. The highest BCUT2D eigenvalue weighted by Crippen LogP contribution is 2.18. The van der Waals surface area contributed by atoms with Gasteiger partial charge in [-0.25, -0.2) is 0 Å². The minimum atomic E-state index is -0.109. The van der Waals surface area contributed by atoms with E-state index in [9.17, 15) is 9.59 Å². The number of nitrogens with two attached hydrogens (primary N) is 1. The number of likely N-dealkylation sites (N-methyl/N-ethyl adjacent to an activating group) is 1. The van der Waals surface area contributed by atoms with Gasteiger partial charge in [-0.2, -0.15) is 0 Å². The van der Waals surface area contributed by atoms with Crippen LogP contribution in [0.5, 0.6) is 0 Å². The average molecular weight is 290 g/mol. The molecule has 0 saturated heterocycles. The lowest BCUT2D eigenvalue weighted by molar-refractivity contribution is -0.123. The first-order valence-electron chi connectivity index (χ1n) is 7.17. The molecule has 1 aromatic rings. The van der Waals surface area contributed by atoms with Crippen molar-refractivity contribution in [3.63, 3.8) is 0 Å². The minimum absolute atomic E-state index is 0.0210. The number of carbonyl (C=O) groups is 2. The van der Waals surface area contributed by atoms with Crippen LogP contribution >= 0.6 is 0 Å². The van der Waals surface area contributed by atoms with Gasteiger partial charge in [0.1, 0.15) is 0 Å². The Balaban J connectivity index is 1.68. The van der Waals surface area contributed by atoms with Gasteiger partial charge >= 0.3 is 0 Å². The molecule has 0 heterocycles. The van der Waals surface area contributed by atoms with E-state index in [1.54, 1.807) is 12.1 Å². The summed E-state index contributed by atoms with van der Waals surface area (Å²) in [5.41, 5.74) is 6.93. The summed E-state index contributed by atoms with van der Waals surface area (Å²) >= 11 is 0. The number of nitrogens with zero attached hydrogens (tertiary/aromatic N) is 1. The molecule has 4 N–H and O–H groups in total. The summed E-state index contributed by atoms with van der Waals surface area (Å²) in [6, 6.07) is 7.51. The number of rotatable bonds is 7. The number of carbonyl (C=O) groups excluding carboxylic acids is 2. The van der Waals surface area contributed by atoms with Crippen LogP contribution in [0.25, 0.3) is 0 Å². The molecule has 6 nitrogen and oxygen atoms in total. The summed E-state index contributed by atoms with van der Waals surface area (Å²) in [6.45, 7) is 0.841. The number of hydrogen-bond acceptors (Lipinski definition) is 4. The third-order valence-electron chi connectivity index (χ3n) is 3.31. The van der Waals surface area contributed by atoms with E-state index >= 15 is 0 Å². The van der Waals surface area contributed by atoms with Crippen molar-refractivity contribution in [2.45, 2.75) is 25.3 Å². The third-order valence-corrected chi connectivity index (χ3v) is 3.31. The number of nitrogen functional groups attached to an aromatic ring is 1. The Morgan fingerprint density at radius 1 is 1.29 bits per heavy atom. The first-order valence-corrected chi connectivity index (χ1v) is 7.17. The molecule has 114 valence electrons. The fraction of sp³-hybridized carbons (Fsp3) is 0.467. The summed E-state index contributed by atoms with van der Waals surface area (Å²) < 4.78 is 0. The van der Waals surface area contributed by atoms with Crippen LogP contribution in [-0.4, -0.2) is 42.9 Å². The Labute approximate surface area is 124 Å². The van der Waals surface area contributed by atoms with Gasteiger partial charge in [-0.3, -0.25) is 14.5 Å². The number of benzene rings is 1. The molecular formula is C15H22N4O2. The first kappa shape index (κ1) is 15.3. The molecule has 6 heteroatoms. The predicted molar refractivity (Wildman–Crippen MR) is 82.8 cm³/mol. The summed E-state index contributed by atoms with van der Waals surface area (Å²) in [5, 5.41) is 5.69. The summed E-state index contributed by atoms with van der Waals surface area (Å²) in [7, 11) is 1.83. The number of anilines is 2. The maximum Gasteiger partial charge on any atom is 0.234 e. The average Bonchev–Trinajstić information content (AvgIpc) is 3.23. The standard InChI is InChI=1S/C15H22N4O2/c1-19(10-15(21)17-11-6-7-11)9-8-14(20)18-13-5-3-2-4-12(13)16/h2-5,11H,6-10,16H2,1H3,(H,17,21)(H,18,20). The first-order chi connectivity index (χ1) is 10.0. The van der Waals surface area contributed by atoms with Gasteiger partial charge in [0.25, 0.3) is 0 Å². The second-order valence-electron chi connectivity index (χ2n) is 5.46. The number of hydrogen-bond donors (Lipinski definition) is 3. The fourth-order valence-corrected chi connectivity index (χ4v) is 1.94. The van der Waals surface area contributed by atoms with Gasteiger partial charge in [-0.1, -0.05) is 12.1 Å². The van der Waals surface area contributed by atoms with Crippen LogP contribution in [-0.2, 0) is 9.59 Å². The van der Waals surface area contributed by atoms with Crippen molar-refractivity contribution >= 4 is 23.2 Å². The number of nitrogens with one attached hydrogen (secondary N) is 2. The predicted octanol–water partition coefficient (Wildman–Crippen LogP) is 0.808. The Kier molecular flexibility index (Phi) is 5.16. The smallest absolute Gasteiger partial charge is 0.234 e. The van der Waals surface area contributed by atoms with Gasteiger partial charge < -0.3 is 16.4 Å². The molecule has 1 aromatic carbocycles. The molecule has 1 aliphatic rings. The monoisotopic (exact) mass is 290 g/mol. The molecule has 21 heavy (non-hydrogen) atoms. The fourth-order valence-electron chi connectivity index (χ4n) is 1.94. The largest absolute Gasteiger partial charge is 0.397 e. The van der Waals surface area contributed by atoms with Crippen LogP contribution in [0.2, 0.25) is 0 Å². The zero-order chi connectivity index (χ0) is 15.2. The molecule has 1 aliphatic carbocycles. The molecule has 1 saturated carbocycles. The Morgan fingerprint density at radius 3 is 2.67 bits per heavy atom. The number of amides is 2. The van der Waals surface area contributed by atoms with Gasteiger partial charge in [0.2, 0.25) is 11.8 Å². The van der Waals surface area contributed by atoms with Gasteiger partial charge in [0.15, 0.2) is 0 Å². The molecule has 0 atom stereocenters. The summed E-state index contributed by atoms with van der Waals surface area (Å²) in [4.78, 5) is 25.3. The van der Waals surface area contributed by atoms with Crippen molar-refractivity contribution in [3.05, 3.63) is 24.3 Å². The zero-order valence-electron chi connectivity index (χ0n) is 12.3. The summed E-state index contributed by atoms with van der Waals surface area (Å²) in [6.07, 6.45) is 2.48. The Morgan fingerprint density at radius 2 is 2.00 bits per heavy atom. The lowest BCUT2D eigenvalue weighted by atomic mass is 10.2. The Bertz CT molecular complexity index is 514. The van der Waals surface area contributed by atoms with E-state index in [2.05, 4.69) is 10.6 Å². The van der Waals surface area contributed by atoms with E-state index < -0.39 is 0 Å². The van der Waals surface area contributed by atoms with Gasteiger partial charge in [-0.15, -0.1) is 0 Å². The van der Waals surface area contributed by atoms with E-state index in [1.807, 2.05) is 24.1 Å². The number of para-hydroxylation sites is 2. The topological polar surface area (TPSA) is 87.5 Å². The maximum absolute atomic E-state index is 11.8. The lowest BCUT2D eigenvalue weighted by Gasteiger charge is -2.16. The van der Waals surface area contributed by atoms with Crippen molar-refractivity contribution in [2.24, 2.45) is 0 Å². The highest BCUT2D eigenvalue weighted by atomic mass is 16.2. The normalized spacial score (nSPS) is 14.0. The van der Waals surface area contributed by atoms with Crippen LogP contribution in [0.4, 0.5) is 11.4 Å². The van der Waals surface area contributed by atoms with Crippen LogP contribution in [0, 0.1) is 0 Å². The molecule has 0 unspecified atom stereocenters. The summed E-state index contributed by atoms with van der Waals surface area (Å²) in [5.74, 6) is -0.0879. The molecular weight excluding hydrogens is 268 g/mol. The van der Waals surface area contributed by atoms with Crippen molar-refractivity contribution in [1.29, 1.82) is 0 Å². The van der Waals surface area contributed by atoms with Crippen LogP contribution < -0.4 is 16.4 Å². The van der Waals surface area contributed by atoms with E-state index in [-0.39, 0.29) is 11.8 Å². The molecule has 2 amide bonds. The van der Waals surface area contributed by atoms with E-state index in [0.29, 0.717) is 36.9 Å². The third kappa shape index (κ3) is 5.43. The second kappa shape index (κ2) is 7.08. The van der Waals surface area contributed by atoms with Crippen LogP contribution in [0.3, 0.4) is 0 Å². The van der Waals surface area contributed by atoms with E-state index in [1.165, 1.54) is 0 Å². The molecule has 0 bridgehead atoms. The van der Waals surface area contributed by atoms with Crippen molar-refractivity contribution < 1.29 is 9.59 Å². The quantitative estimate of drug-likeness (QED) is 0.648. The Hall–Kier alpha value is -2.08. The highest BCUT2D eigenvalue weighted by Gasteiger charge is 2.23. The van der Waals surface area contributed by atoms with Gasteiger partial charge in [-0.05, 0) is 32.0 Å². The van der Waals surface area contributed by atoms with Crippen molar-refractivity contribution in [1.82, 2.24) is 10.2 Å². The zero-order valence-corrected chi connectivity index (χ0v) is 12.3. The molecule has 2 rings (SSSR count). The van der Waals surface area contributed by atoms with Crippen molar-refractivity contribution in [3.8, 4) is 0 Å². The van der Waals surface area contributed by atoms with Gasteiger partial charge in [0.05, 0.1) is 17.9 Å². The maximum atomic E-state index is 11.8. The molecule has 1 fully saturated rings. The molecule has 0 aliphatic heterocycles. The van der Waals surface area contributed by atoms with Crippen LogP contribution in [0.1, 0.15) is 19.3 Å². The second-order valence-corrected chi connectivity index (χ2v) is 5.46. The molecule has 0 radical (unpaired) electrons. The lowest BCUT2D eigenvalue weighted by Crippen LogP contribution is -2.37. The highest BCUT2D eigenvalue weighted by molar-refractivity contribution is 5.93. The van der Waals surface area contributed by atoms with Crippen LogP contribution in [0.15, 0.2) is 24.3 Å². The van der Waals surface area contributed by atoms with E-state index in [0.717, 1.165) is 12.8 Å². The van der Waals surface area contributed by atoms with Crippen molar-refractivity contribution in [2.75, 3.05) is 31.2 Å². The molecule has 0 spiro atoms. The SMILES string of the molecule is CN(CCC(=O)Nc1ccccc1N)CC(=O)NC1CC1. The van der Waals surface area contributed by atoms with E-state index in [4.69, 9.17) is 5.73 Å². The van der Waals surface area contributed by atoms with Gasteiger partial charge in [0, 0.05) is 19.0 Å². The molecule has 0 aromatic heterocycles.